The van der Waals surface area contributed by atoms with Crippen LogP contribution in [0.2, 0.25) is 0 Å². The van der Waals surface area contributed by atoms with E-state index in [0.29, 0.717) is 19.1 Å². The van der Waals surface area contributed by atoms with Gasteiger partial charge in [-0.15, -0.1) is 0 Å². The van der Waals surface area contributed by atoms with Gasteiger partial charge in [0, 0.05) is 47.4 Å². The van der Waals surface area contributed by atoms with E-state index in [9.17, 15) is 0 Å². The first kappa shape index (κ1) is 20.7. The first-order valence-corrected chi connectivity index (χ1v) is 10.9. The quantitative estimate of drug-likeness (QED) is 0.240. The lowest BCUT2D eigenvalue weighted by Crippen LogP contribution is -2.11. The summed E-state index contributed by atoms with van der Waals surface area (Å²) in [7, 11) is 0. The standard InChI is InChI=1S/C27H23N5O/c1-2-21(1)3-4-22-5-11-25(12-6-22)27(17-32-14-13-28-20-32)31-33-18-23-7-9-24(10-8-23)26-15-29-19-30-16-26/h5-16,19-21H,1-2,17-18H2. The molecule has 2 aromatic heterocycles. The Morgan fingerprint density at radius 3 is 2.45 bits per heavy atom. The summed E-state index contributed by atoms with van der Waals surface area (Å²) in [6.07, 6.45) is 13.0. The van der Waals surface area contributed by atoms with Gasteiger partial charge in [-0.3, -0.25) is 0 Å². The molecular weight excluding hydrogens is 410 g/mol. The van der Waals surface area contributed by atoms with Crippen LogP contribution in [0.3, 0.4) is 0 Å². The summed E-state index contributed by atoms with van der Waals surface area (Å²) in [6.45, 7) is 0.948. The van der Waals surface area contributed by atoms with Gasteiger partial charge in [0.1, 0.15) is 18.6 Å². The predicted molar refractivity (Wildman–Crippen MR) is 127 cm³/mol. The molecule has 2 heterocycles. The fourth-order valence-corrected chi connectivity index (χ4v) is 3.31. The van der Waals surface area contributed by atoms with Crippen molar-refractivity contribution < 1.29 is 4.84 Å². The normalized spacial score (nSPS) is 13.3. The zero-order valence-corrected chi connectivity index (χ0v) is 18.1. The van der Waals surface area contributed by atoms with Gasteiger partial charge in [0.2, 0.25) is 0 Å². The van der Waals surface area contributed by atoms with E-state index >= 15 is 0 Å². The zero-order valence-electron chi connectivity index (χ0n) is 18.1. The molecule has 6 heteroatoms. The average Bonchev–Trinajstić information content (AvgIpc) is 3.57. The highest BCUT2D eigenvalue weighted by molar-refractivity contribution is 6.00. The molecule has 33 heavy (non-hydrogen) atoms. The largest absolute Gasteiger partial charge is 0.391 e. The van der Waals surface area contributed by atoms with E-state index in [1.165, 1.54) is 19.2 Å². The number of nitrogens with zero attached hydrogens (tertiary/aromatic N) is 5. The molecule has 0 saturated heterocycles. The molecule has 0 radical (unpaired) electrons. The number of hydrogen-bond donors (Lipinski definition) is 0. The van der Waals surface area contributed by atoms with Crippen molar-refractivity contribution in [3.8, 4) is 23.0 Å². The van der Waals surface area contributed by atoms with Crippen molar-refractivity contribution in [2.45, 2.75) is 26.0 Å². The molecule has 1 fully saturated rings. The van der Waals surface area contributed by atoms with Crippen molar-refractivity contribution in [3.63, 3.8) is 0 Å². The van der Waals surface area contributed by atoms with Gasteiger partial charge in [-0.05, 0) is 36.1 Å². The minimum Gasteiger partial charge on any atom is -0.391 e. The third-order valence-electron chi connectivity index (χ3n) is 5.36. The number of rotatable bonds is 7. The number of imidazole rings is 1. The van der Waals surface area contributed by atoms with Crippen LogP contribution in [0.1, 0.15) is 29.5 Å². The molecule has 5 rings (SSSR count). The molecule has 1 aliphatic carbocycles. The Morgan fingerprint density at radius 1 is 0.970 bits per heavy atom. The average molecular weight is 434 g/mol. The first-order chi connectivity index (χ1) is 16.3. The molecule has 6 nitrogen and oxygen atoms in total. The fraction of sp³-hybridized carbons (Fsp3) is 0.185. The molecule has 0 aliphatic heterocycles. The van der Waals surface area contributed by atoms with Gasteiger partial charge >= 0.3 is 0 Å². The Hall–Kier alpha value is -4.24. The van der Waals surface area contributed by atoms with Crippen LogP contribution in [0.4, 0.5) is 0 Å². The number of aromatic nitrogens is 4. The lowest BCUT2D eigenvalue weighted by atomic mass is 10.1. The topological polar surface area (TPSA) is 65.2 Å². The Kier molecular flexibility index (Phi) is 6.21. The Labute approximate surface area is 193 Å². The van der Waals surface area contributed by atoms with E-state index in [-0.39, 0.29) is 0 Å². The molecule has 162 valence electrons. The van der Waals surface area contributed by atoms with Gasteiger partial charge in [0.15, 0.2) is 0 Å². The van der Waals surface area contributed by atoms with Crippen molar-refractivity contribution in [2.24, 2.45) is 11.1 Å². The van der Waals surface area contributed by atoms with Crippen molar-refractivity contribution in [3.05, 3.63) is 103 Å². The Bertz CT molecular complexity index is 1260. The second-order valence-corrected chi connectivity index (χ2v) is 7.99. The van der Waals surface area contributed by atoms with Crippen molar-refractivity contribution >= 4 is 5.71 Å². The van der Waals surface area contributed by atoms with Gasteiger partial charge in [-0.1, -0.05) is 53.4 Å². The molecule has 4 aromatic rings. The monoisotopic (exact) mass is 433 g/mol. The summed E-state index contributed by atoms with van der Waals surface area (Å²) >= 11 is 0. The highest BCUT2D eigenvalue weighted by atomic mass is 16.6. The molecule has 0 bridgehead atoms. The Morgan fingerprint density at radius 2 is 1.76 bits per heavy atom. The van der Waals surface area contributed by atoms with E-state index in [0.717, 1.165) is 33.5 Å². The molecule has 1 aliphatic rings. The van der Waals surface area contributed by atoms with Crippen LogP contribution in [0, 0.1) is 17.8 Å². The highest BCUT2D eigenvalue weighted by Gasteiger charge is 2.17. The molecule has 0 N–H and O–H groups in total. The van der Waals surface area contributed by atoms with E-state index in [1.54, 1.807) is 24.9 Å². The number of hydrogen-bond acceptors (Lipinski definition) is 5. The number of oxime groups is 1. The summed E-state index contributed by atoms with van der Waals surface area (Å²) in [5.74, 6) is 7.14. The first-order valence-electron chi connectivity index (χ1n) is 10.9. The second-order valence-electron chi connectivity index (χ2n) is 7.99. The minimum atomic E-state index is 0.379. The third kappa shape index (κ3) is 5.72. The highest BCUT2D eigenvalue weighted by Crippen LogP contribution is 2.27. The molecule has 0 spiro atoms. The van der Waals surface area contributed by atoms with Gasteiger partial charge in [-0.25, -0.2) is 15.0 Å². The van der Waals surface area contributed by atoms with Crippen LogP contribution in [0.15, 0.2) is 91.1 Å². The summed E-state index contributed by atoms with van der Waals surface area (Å²) < 4.78 is 1.97. The van der Waals surface area contributed by atoms with Gasteiger partial charge in [0.05, 0.1) is 12.9 Å². The SMILES string of the molecule is C(#CC1CC1)c1ccc(C(Cn2ccnc2)=NOCc2ccc(-c3cncnc3)cc2)cc1. The molecule has 1 saturated carbocycles. The van der Waals surface area contributed by atoms with E-state index < -0.39 is 0 Å². The van der Waals surface area contributed by atoms with Gasteiger partial charge in [0.25, 0.3) is 0 Å². The minimum absolute atomic E-state index is 0.379. The Balaban J connectivity index is 1.28. The third-order valence-corrected chi connectivity index (χ3v) is 5.36. The van der Waals surface area contributed by atoms with Crippen molar-refractivity contribution in [1.29, 1.82) is 0 Å². The van der Waals surface area contributed by atoms with Crippen LogP contribution in [0.5, 0.6) is 0 Å². The molecule has 0 unspecified atom stereocenters. The fourth-order valence-electron chi connectivity index (χ4n) is 3.31. The van der Waals surface area contributed by atoms with Gasteiger partial charge < -0.3 is 9.40 Å². The summed E-state index contributed by atoms with van der Waals surface area (Å²) in [4.78, 5) is 18.0. The summed E-state index contributed by atoms with van der Waals surface area (Å²) in [5.41, 5.74) is 5.93. The van der Waals surface area contributed by atoms with Crippen molar-refractivity contribution in [2.75, 3.05) is 0 Å². The summed E-state index contributed by atoms with van der Waals surface area (Å²) in [6, 6.07) is 16.3. The van der Waals surface area contributed by atoms with Gasteiger partial charge in [-0.2, -0.15) is 0 Å². The van der Waals surface area contributed by atoms with Crippen molar-refractivity contribution in [1.82, 2.24) is 19.5 Å². The second kappa shape index (κ2) is 9.92. The smallest absolute Gasteiger partial charge is 0.142 e. The molecular formula is C27H23N5O. The van der Waals surface area contributed by atoms with E-state index in [1.807, 2.05) is 59.3 Å². The van der Waals surface area contributed by atoms with Crippen LogP contribution in [-0.2, 0) is 18.0 Å². The number of benzene rings is 2. The lowest BCUT2D eigenvalue weighted by molar-refractivity contribution is 0.130. The van der Waals surface area contributed by atoms with Crippen LogP contribution in [0.25, 0.3) is 11.1 Å². The maximum atomic E-state index is 5.75. The maximum Gasteiger partial charge on any atom is 0.142 e. The molecule has 2 aromatic carbocycles. The van der Waals surface area contributed by atoms with E-state index in [2.05, 4.69) is 31.9 Å². The molecule has 0 atom stereocenters. The zero-order chi connectivity index (χ0) is 22.3. The van der Waals surface area contributed by atoms with Crippen LogP contribution >= 0.6 is 0 Å². The maximum absolute atomic E-state index is 5.75. The van der Waals surface area contributed by atoms with E-state index in [4.69, 9.17) is 4.84 Å². The summed E-state index contributed by atoms with van der Waals surface area (Å²) in [5, 5.41) is 4.47. The van der Waals surface area contributed by atoms with Crippen LogP contribution in [-0.4, -0.2) is 25.2 Å². The lowest BCUT2D eigenvalue weighted by Gasteiger charge is -2.09. The van der Waals surface area contributed by atoms with Crippen LogP contribution < -0.4 is 0 Å². The molecule has 0 amide bonds. The predicted octanol–water partition coefficient (Wildman–Crippen LogP) is 4.72.